The van der Waals surface area contributed by atoms with E-state index in [2.05, 4.69) is 23.9 Å². The second kappa shape index (κ2) is 10.1. The molecule has 0 amide bonds. The molecule has 0 aromatic heterocycles. The predicted octanol–water partition coefficient (Wildman–Crippen LogP) is 4.81. The minimum Gasteiger partial charge on any atom is -0.497 e. The van der Waals surface area contributed by atoms with E-state index in [1.54, 1.807) is 7.11 Å². The zero-order chi connectivity index (χ0) is 17.0. The van der Waals surface area contributed by atoms with Crippen molar-refractivity contribution in [3.05, 3.63) is 65.7 Å². The zero-order valence-electron chi connectivity index (χ0n) is 14.3. The third-order valence-corrected chi connectivity index (χ3v) is 3.46. The Morgan fingerprint density at radius 2 is 1.79 bits per heavy atom. The quantitative estimate of drug-likeness (QED) is 0.317. The van der Waals surface area contributed by atoms with Crippen LogP contribution in [0.25, 0.3) is 0 Å². The van der Waals surface area contributed by atoms with Crippen molar-refractivity contribution in [1.29, 1.82) is 0 Å². The molecule has 0 heterocycles. The first-order valence-corrected chi connectivity index (χ1v) is 8.20. The molecule has 0 unspecified atom stereocenters. The molecule has 0 saturated heterocycles. The van der Waals surface area contributed by atoms with Crippen LogP contribution in [0.15, 0.2) is 59.8 Å². The summed E-state index contributed by atoms with van der Waals surface area (Å²) in [6, 6.07) is 17.6. The third kappa shape index (κ3) is 5.81. The van der Waals surface area contributed by atoms with Gasteiger partial charge in [0.05, 0.1) is 7.11 Å². The summed E-state index contributed by atoms with van der Waals surface area (Å²) in [6.45, 7) is 2.56. The normalized spacial score (nSPS) is 10.7. The lowest BCUT2D eigenvalue weighted by Gasteiger charge is -2.04. The molecule has 0 saturated carbocycles. The number of nitrogens with zero attached hydrogens (tertiary/aromatic N) is 1. The van der Waals surface area contributed by atoms with E-state index in [1.165, 1.54) is 0 Å². The van der Waals surface area contributed by atoms with Gasteiger partial charge in [0, 0.05) is 12.0 Å². The Balaban J connectivity index is 2.04. The maximum atomic E-state index is 5.51. The van der Waals surface area contributed by atoms with Crippen molar-refractivity contribution in [2.45, 2.75) is 32.8 Å². The van der Waals surface area contributed by atoms with Crippen molar-refractivity contribution in [2.75, 3.05) is 7.11 Å². The van der Waals surface area contributed by atoms with Gasteiger partial charge >= 0.3 is 0 Å². The van der Waals surface area contributed by atoms with E-state index in [0.29, 0.717) is 12.3 Å². The van der Waals surface area contributed by atoms with E-state index in [4.69, 9.17) is 9.57 Å². The number of oxime groups is 1. The fraction of sp³-hybridized carbons (Fsp3) is 0.286. The van der Waals surface area contributed by atoms with Gasteiger partial charge < -0.3 is 9.57 Å². The number of hydrogen-bond donors (Lipinski definition) is 0. The molecule has 2 aromatic rings. The average molecular weight is 321 g/mol. The van der Waals surface area contributed by atoms with Crippen LogP contribution < -0.4 is 4.74 Å². The molecule has 0 N–H and O–H groups in total. The molecule has 3 heteroatoms. The smallest absolute Gasteiger partial charge is 0.159 e. The summed E-state index contributed by atoms with van der Waals surface area (Å²) < 4.78 is 5.15. The SMILES string of the molecule is CCCCC#C/C(=N\OCc1ccc(OC)cc1)c1ccccc1. The molecule has 2 rings (SSSR count). The summed E-state index contributed by atoms with van der Waals surface area (Å²) in [7, 11) is 1.65. The summed E-state index contributed by atoms with van der Waals surface area (Å²) in [5.41, 5.74) is 2.67. The maximum Gasteiger partial charge on any atom is 0.159 e. The van der Waals surface area contributed by atoms with Gasteiger partial charge in [0.25, 0.3) is 0 Å². The summed E-state index contributed by atoms with van der Waals surface area (Å²) >= 11 is 0. The highest BCUT2D eigenvalue weighted by Crippen LogP contribution is 2.12. The van der Waals surface area contributed by atoms with Gasteiger partial charge in [0.2, 0.25) is 0 Å². The standard InChI is InChI=1S/C21H23NO2/c1-3-4-5-9-12-21(19-10-7-6-8-11-19)22-24-17-18-13-15-20(23-2)16-14-18/h6-8,10-11,13-16H,3-5,17H2,1-2H3/b22-21+. The fourth-order valence-electron chi connectivity index (χ4n) is 2.05. The molecule has 24 heavy (non-hydrogen) atoms. The van der Waals surface area contributed by atoms with Gasteiger partial charge in [0.15, 0.2) is 5.71 Å². The number of unbranched alkanes of at least 4 members (excludes halogenated alkanes) is 2. The minimum atomic E-state index is 0.400. The summed E-state index contributed by atoms with van der Waals surface area (Å²) in [5, 5.41) is 4.24. The second-order valence-corrected chi connectivity index (χ2v) is 5.33. The molecule has 2 aromatic carbocycles. The van der Waals surface area contributed by atoms with Crippen LogP contribution in [-0.4, -0.2) is 12.8 Å². The van der Waals surface area contributed by atoms with Crippen molar-refractivity contribution >= 4 is 5.71 Å². The zero-order valence-corrected chi connectivity index (χ0v) is 14.3. The fourth-order valence-corrected chi connectivity index (χ4v) is 2.05. The first-order valence-electron chi connectivity index (χ1n) is 8.20. The molecule has 0 fully saturated rings. The first kappa shape index (κ1) is 17.6. The molecular weight excluding hydrogens is 298 g/mol. The maximum absolute atomic E-state index is 5.51. The van der Waals surface area contributed by atoms with Crippen molar-refractivity contribution < 1.29 is 9.57 Å². The highest BCUT2D eigenvalue weighted by atomic mass is 16.6. The van der Waals surface area contributed by atoms with Crippen LogP contribution in [0.1, 0.15) is 37.3 Å². The largest absolute Gasteiger partial charge is 0.497 e. The number of methoxy groups -OCH3 is 1. The highest BCUT2D eigenvalue weighted by Gasteiger charge is 2.01. The number of ether oxygens (including phenoxy) is 1. The van der Waals surface area contributed by atoms with Crippen molar-refractivity contribution in [2.24, 2.45) is 5.16 Å². The molecule has 124 valence electrons. The lowest BCUT2D eigenvalue weighted by Crippen LogP contribution is -1.99. The van der Waals surface area contributed by atoms with Gasteiger partial charge in [-0.15, -0.1) is 0 Å². The highest BCUT2D eigenvalue weighted by molar-refractivity contribution is 6.12. The van der Waals surface area contributed by atoms with E-state index in [1.807, 2.05) is 54.6 Å². The molecule has 0 aliphatic heterocycles. The van der Waals surface area contributed by atoms with Crippen molar-refractivity contribution in [1.82, 2.24) is 0 Å². The second-order valence-electron chi connectivity index (χ2n) is 5.33. The minimum absolute atomic E-state index is 0.400. The van der Waals surface area contributed by atoms with E-state index in [0.717, 1.165) is 36.1 Å². The van der Waals surface area contributed by atoms with Crippen LogP contribution in [0.5, 0.6) is 5.75 Å². The van der Waals surface area contributed by atoms with Crippen LogP contribution in [0.3, 0.4) is 0 Å². The van der Waals surface area contributed by atoms with Crippen LogP contribution >= 0.6 is 0 Å². The topological polar surface area (TPSA) is 30.8 Å². The Hall–Kier alpha value is -2.73. The monoisotopic (exact) mass is 321 g/mol. The summed E-state index contributed by atoms with van der Waals surface area (Å²) in [4.78, 5) is 5.51. The van der Waals surface area contributed by atoms with Crippen LogP contribution in [0.4, 0.5) is 0 Å². The lowest BCUT2D eigenvalue weighted by atomic mass is 10.1. The Kier molecular flexibility index (Phi) is 7.43. The van der Waals surface area contributed by atoms with Gasteiger partial charge in [-0.3, -0.25) is 0 Å². The van der Waals surface area contributed by atoms with E-state index in [9.17, 15) is 0 Å². The summed E-state index contributed by atoms with van der Waals surface area (Å²) in [6.07, 6.45) is 3.11. The predicted molar refractivity (Wildman–Crippen MR) is 98.1 cm³/mol. The Morgan fingerprint density at radius 3 is 2.46 bits per heavy atom. The average Bonchev–Trinajstić information content (AvgIpc) is 2.65. The van der Waals surface area contributed by atoms with Crippen LogP contribution in [-0.2, 0) is 11.4 Å². The molecule has 0 radical (unpaired) electrons. The third-order valence-electron chi connectivity index (χ3n) is 3.46. The molecule has 3 nitrogen and oxygen atoms in total. The van der Waals surface area contributed by atoms with Gasteiger partial charge in [-0.2, -0.15) is 0 Å². The molecule has 0 bridgehead atoms. The molecule has 0 atom stereocenters. The Morgan fingerprint density at radius 1 is 1.04 bits per heavy atom. The van der Waals surface area contributed by atoms with Gasteiger partial charge in [-0.05, 0) is 30.0 Å². The van der Waals surface area contributed by atoms with Crippen LogP contribution in [0.2, 0.25) is 0 Å². The van der Waals surface area contributed by atoms with E-state index in [-0.39, 0.29) is 0 Å². The number of rotatable bonds is 7. The van der Waals surface area contributed by atoms with E-state index >= 15 is 0 Å². The van der Waals surface area contributed by atoms with Gasteiger partial charge in [-0.1, -0.05) is 66.9 Å². The first-order chi connectivity index (χ1) is 11.8. The van der Waals surface area contributed by atoms with Crippen molar-refractivity contribution in [3.63, 3.8) is 0 Å². The molecule has 0 aliphatic carbocycles. The van der Waals surface area contributed by atoms with Gasteiger partial charge in [-0.25, -0.2) is 0 Å². The van der Waals surface area contributed by atoms with Gasteiger partial charge in [0.1, 0.15) is 12.4 Å². The van der Waals surface area contributed by atoms with Crippen LogP contribution in [0, 0.1) is 11.8 Å². The summed E-state index contributed by atoms with van der Waals surface area (Å²) in [5.74, 6) is 7.13. The lowest BCUT2D eigenvalue weighted by molar-refractivity contribution is 0.131. The number of benzene rings is 2. The molecule has 0 spiro atoms. The number of hydrogen-bond acceptors (Lipinski definition) is 3. The Labute approximate surface area is 144 Å². The molecular formula is C21H23NO2. The van der Waals surface area contributed by atoms with Crippen molar-refractivity contribution in [3.8, 4) is 17.6 Å². The molecule has 0 aliphatic rings. The Bertz CT molecular complexity index is 694. The van der Waals surface area contributed by atoms with E-state index < -0.39 is 0 Å².